The van der Waals surface area contributed by atoms with Crippen LogP contribution < -0.4 is 8.68 Å². The summed E-state index contributed by atoms with van der Waals surface area (Å²) in [6.45, 7) is 22.0. The second-order valence-corrected chi connectivity index (χ2v) is 36.4. The summed E-state index contributed by atoms with van der Waals surface area (Å²) in [5.74, 6) is 0.0430. The first-order chi connectivity index (χ1) is 21.4. The van der Waals surface area contributed by atoms with Gasteiger partial charge in [-0.3, -0.25) is 0 Å². The van der Waals surface area contributed by atoms with Crippen LogP contribution in [0, 0.1) is 0 Å². The molecule has 0 aromatic carbocycles. The quantitative estimate of drug-likeness (QED) is 0.228. The molecule has 4 rings (SSSR count). The van der Waals surface area contributed by atoms with Gasteiger partial charge in [0, 0.05) is 0 Å². The normalized spacial score (nSPS) is 18.3. The van der Waals surface area contributed by atoms with E-state index < -0.39 is 50.1 Å². The fraction of sp³-hybridized carbons (Fsp3) is 0.657. The van der Waals surface area contributed by atoms with Crippen molar-refractivity contribution in [3.05, 3.63) is 24.7 Å². The van der Waals surface area contributed by atoms with Crippen LogP contribution in [0.4, 0.5) is 15.4 Å². The van der Waals surface area contributed by atoms with Crippen molar-refractivity contribution in [3.63, 3.8) is 0 Å². The summed E-state index contributed by atoms with van der Waals surface area (Å²) in [6, 6.07) is 2.33. The Bertz CT molecular complexity index is 1570. The molecule has 260 valence electrons. The number of hydrogen-bond acceptors (Lipinski definition) is 8. The SMILES string of the molecule is CC(C)(C)OC(=O)N(C(=O)OC(C)(C)C)c1ncc(-c2cnn(C3CCC(O[Si](C)(C)C(C)(C)C)CC3)c2)c2c[c]([Sn]([CH3])([CH3])[CH3])oc12. The van der Waals surface area contributed by atoms with Crippen molar-refractivity contribution < 1.29 is 27.9 Å². The van der Waals surface area contributed by atoms with Crippen molar-refractivity contribution in [2.45, 2.75) is 144 Å². The molecule has 47 heavy (non-hydrogen) atoms. The zero-order chi connectivity index (χ0) is 35.3. The third-order valence-corrected chi connectivity index (χ3v) is 18.3. The number of imide groups is 1. The summed E-state index contributed by atoms with van der Waals surface area (Å²) in [6.07, 6.45) is 8.18. The van der Waals surface area contributed by atoms with Gasteiger partial charge in [-0.25, -0.2) is 0 Å². The number of fused-ring (bicyclic) bond motifs is 1. The molecule has 1 aliphatic carbocycles. The average molecular weight is 776 g/mol. The molecule has 2 amide bonds. The molecule has 1 saturated carbocycles. The van der Waals surface area contributed by atoms with Crippen LogP contribution in [0.15, 0.2) is 29.1 Å². The minimum atomic E-state index is -2.78. The zero-order valence-electron chi connectivity index (χ0n) is 31.0. The van der Waals surface area contributed by atoms with Crippen molar-refractivity contribution in [2.75, 3.05) is 4.90 Å². The maximum atomic E-state index is 13.5. The predicted octanol–water partition coefficient (Wildman–Crippen LogP) is 9.42. The van der Waals surface area contributed by atoms with Crippen molar-refractivity contribution >= 4 is 59.4 Å². The second-order valence-electron chi connectivity index (χ2n) is 17.4. The first kappa shape index (κ1) is 37.4. The van der Waals surface area contributed by atoms with Crippen LogP contribution in [0.1, 0.15) is 94.0 Å². The Balaban J connectivity index is 1.70. The van der Waals surface area contributed by atoms with E-state index in [4.69, 9.17) is 23.4 Å². The van der Waals surface area contributed by atoms with Gasteiger partial charge in [-0.2, -0.15) is 0 Å². The molecule has 0 N–H and O–H groups in total. The molecule has 3 aromatic heterocycles. The van der Waals surface area contributed by atoms with E-state index in [2.05, 4.69) is 70.6 Å². The number of amides is 2. The molecule has 3 aromatic rings. The number of rotatable bonds is 6. The fourth-order valence-corrected chi connectivity index (χ4v) is 9.57. The van der Waals surface area contributed by atoms with Crippen molar-refractivity contribution in [1.82, 2.24) is 14.8 Å². The van der Waals surface area contributed by atoms with Crippen LogP contribution in [0.5, 0.6) is 0 Å². The molecule has 0 atom stereocenters. The van der Waals surface area contributed by atoms with E-state index >= 15 is 0 Å². The van der Waals surface area contributed by atoms with Crippen molar-refractivity contribution in [2.24, 2.45) is 0 Å². The van der Waals surface area contributed by atoms with Crippen LogP contribution >= 0.6 is 0 Å². The predicted molar refractivity (Wildman–Crippen MR) is 193 cm³/mol. The van der Waals surface area contributed by atoms with Gasteiger partial charge in [0.15, 0.2) is 8.32 Å². The third kappa shape index (κ3) is 9.00. The van der Waals surface area contributed by atoms with E-state index in [1.54, 1.807) is 47.7 Å². The Hall–Kier alpha value is -2.38. The van der Waals surface area contributed by atoms with E-state index in [-0.39, 0.29) is 16.9 Å². The van der Waals surface area contributed by atoms with E-state index in [1.165, 1.54) is 0 Å². The summed E-state index contributed by atoms with van der Waals surface area (Å²) in [7, 11) is -1.82. The van der Waals surface area contributed by atoms with Crippen molar-refractivity contribution in [3.8, 4) is 11.1 Å². The Kier molecular flexibility index (Phi) is 10.5. The van der Waals surface area contributed by atoms with E-state index in [9.17, 15) is 9.59 Å². The number of carbonyl (C=O) groups is 2. The van der Waals surface area contributed by atoms with Crippen molar-refractivity contribution in [1.29, 1.82) is 0 Å². The number of hydrogen-bond donors (Lipinski definition) is 0. The van der Waals surface area contributed by atoms with Gasteiger partial charge in [-0.1, -0.05) is 20.8 Å². The molecule has 0 radical (unpaired) electrons. The van der Waals surface area contributed by atoms with Crippen LogP contribution in [0.25, 0.3) is 22.1 Å². The molecule has 3 heterocycles. The molecule has 0 bridgehead atoms. The van der Waals surface area contributed by atoms with E-state index in [0.29, 0.717) is 11.7 Å². The number of ether oxygens (including phenoxy) is 2. The van der Waals surface area contributed by atoms with Gasteiger partial charge in [0.25, 0.3) is 0 Å². The van der Waals surface area contributed by atoms with Gasteiger partial charge >= 0.3 is 240 Å². The van der Waals surface area contributed by atoms with Gasteiger partial charge in [0.1, 0.15) is 0 Å². The first-order valence-electron chi connectivity index (χ1n) is 16.8. The summed E-state index contributed by atoms with van der Waals surface area (Å²) in [5, 5.41) is 5.75. The standard InChI is InChI=1S/C32H47N4O6Si.3CH3.Sn/c1-30(2,3)40-28(37)36(29(38)41-31(4,5)6)27-26-24(16-17-39-26)25(19-33-27)21-18-34-35(20-21)22-12-14-23(15-13-22)42-43(10,11)32(7,8)9;;;;/h16,18-20,22-23H,12-15H2,1-11H3;3*1H3;. The van der Waals surface area contributed by atoms with Crippen LogP contribution in [-0.2, 0) is 13.9 Å². The molecule has 1 aliphatic rings. The molecule has 1 fully saturated rings. The third-order valence-electron chi connectivity index (χ3n) is 8.84. The number of nitrogens with zero attached hydrogens (tertiary/aromatic N) is 4. The molecule has 0 unspecified atom stereocenters. The summed E-state index contributed by atoms with van der Waals surface area (Å²) in [5.41, 5.74) is 0.362. The number of aromatic nitrogens is 3. The maximum absolute atomic E-state index is 13.5. The summed E-state index contributed by atoms with van der Waals surface area (Å²) >= 11 is -2.78. The van der Waals surface area contributed by atoms with Gasteiger partial charge in [0.05, 0.1) is 0 Å². The molecule has 0 saturated heterocycles. The Morgan fingerprint density at radius 1 is 0.915 bits per heavy atom. The van der Waals surface area contributed by atoms with Gasteiger partial charge in [0.2, 0.25) is 0 Å². The van der Waals surface area contributed by atoms with Gasteiger partial charge < -0.3 is 0 Å². The second kappa shape index (κ2) is 13.1. The number of carbonyl (C=O) groups excluding carboxylic acids is 2. The van der Waals surface area contributed by atoms with Crippen LogP contribution in [0.2, 0.25) is 33.0 Å². The Labute approximate surface area is 285 Å². The van der Waals surface area contributed by atoms with Gasteiger partial charge in [-0.15, -0.1) is 0 Å². The molecular weight excluding hydrogens is 719 g/mol. The van der Waals surface area contributed by atoms with E-state index in [0.717, 1.165) is 50.9 Å². The molecule has 12 heteroatoms. The zero-order valence-corrected chi connectivity index (χ0v) is 34.9. The number of furan rings is 1. The number of anilines is 1. The summed E-state index contributed by atoms with van der Waals surface area (Å²) < 4.78 is 27.5. The molecule has 0 spiro atoms. The fourth-order valence-electron chi connectivity index (χ4n) is 5.33. The number of pyridine rings is 1. The van der Waals surface area contributed by atoms with Crippen LogP contribution in [0.3, 0.4) is 0 Å². The summed E-state index contributed by atoms with van der Waals surface area (Å²) in [4.78, 5) is 39.3. The van der Waals surface area contributed by atoms with Gasteiger partial charge in [-0.05, 0) is 18.1 Å². The topological polar surface area (TPSA) is 109 Å². The Morgan fingerprint density at radius 3 is 1.96 bits per heavy atom. The van der Waals surface area contributed by atoms with E-state index in [1.807, 2.05) is 6.20 Å². The van der Waals surface area contributed by atoms with Crippen LogP contribution in [-0.4, -0.2) is 71.0 Å². The first-order valence-corrected chi connectivity index (χ1v) is 29.7. The average Bonchev–Trinajstić information content (AvgIpc) is 3.55. The molecule has 0 aliphatic heterocycles. The molecule has 10 nitrogen and oxygen atoms in total. The molecular formula is C35H56N4O6SiSn. The Morgan fingerprint density at radius 2 is 1.47 bits per heavy atom. The minimum absolute atomic E-state index is 0.0430. The monoisotopic (exact) mass is 776 g/mol.